The van der Waals surface area contributed by atoms with Gasteiger partial charge in [0.1, 0.15) is 18.2 Å². The van der Waals surface area contributed by atoms with Gasteiger partial charge in [-0.05, 0) is 36.2 Å². The van der Waals surface area contributed by atoms with Gasteiger partial charge in [0.25, 0.3) is 0 Å². The molecule has 0 aromatic heterocycles. The number of carbonyl (C=O) groups is 1. The molecule has 2 aromatic carbocycles. The molecule has 5 nitrogen and oxygen atoms in total. The molecule has 0 fully saturated rings. The average molecular weight is 471 g/mol. The van der Waals surface area contributed by atoms with Gasteiger partial charge in [-0.15, -0.1) is 0 Å². The smallest absolute Gasteiger partial charge is 0.550 e. The predicted octanol–water partition coefficient (Wildman–Crippen LogP) is -0.492. The Morgan fingerprint density at radius 2 is 1.90 bits per heavy atom. The molecule has 0 aliphatic rings. The topological polar surface area (TPSA) is 86.7 Å². The van der Waals surface area contributed by atoms with E-state index in [9.17, 15) is 23.6 Å². The van der Waals surface area contributed by atoms with Crippen molar-refractivity contribution in [2.75, 3.05) is 11.5 Å². The van der Waals surface area contributed by atoms with E-state index in [1.807, 2.05) is 0 Å². The van der Waals surface area contributed by atoms with Crippen LogP contribution in [0.5, 0.6) is 5.75 Å². The number of carboxylic acid groups (broad SMARTS) is 1. The van der Waals surface area contributed by atoms with Gasteiger partial charge in [0, 0.05) is 50.3 Å². The standard InChI is InChI=1S/C19H19Cl2FO5S.Na/c20-13-7-17(21)16(5-6-28(26)11-15(23)9-19(24)25)18(8-13)27-10-12-1-3-14(22)4-2-12;/h1-4,7-8,15,23H,5-6,9-11H2,(H,24,25);/q;+1/p-1. The van der Waals surface area contributed by atoms with E-state index in [2.05, 4.69) is 0 Å². The minimum Gasteiger partial charge on any atom is -0.550 e. The van der Waals surface area contributed by atoms with Crippen molar-refractivity contribution < 1.29 is 57.9 Å². The molecular weight excluding hydrogens is 453 g/mol. The van der Waals surface area contributed by atoms with Crippen molar-refractivity contribution in [1.82, 2.24) is 0 Å². The Labute approximate surface area is 202 Å². The van der Waals surface area contributed by atoms with E-state index in [0.29, 0.717) is 21.4 Å². The third kappa shape index (κ3) is 9.34. The first-order chi connectivity index (χ1) is 13.2. The van der Waals surface area contributed by atoms with Crippen LogP contribution in [0.15, 0.2) is 36.4 Å². The van der Waals surface area contributed by atoms with Crippen LogP contribution in [-0.2, 0) is 28.6 Å². The van der Waals surface area contributed by atoms with Crippen LogP contribution in [0, 0.1) is 5.82 Å². The molecule has 2 rings (SSSR count). The third-order valence-electron chi connectivity index (χ3n) is 3.79. The summed E-state index contributed by atoms with van der Waals surface area (Å²) in [7, 11) is -1.46. The zero-order chi connectivity index (χ0) is 20.7. The Bertz CT molecular complexity index is 851. The predicted molar refractivity (Wildman–Crippen MR) is 104 cm³/mol. The first-order valence-electron chi connectivity index (χ1n) is 8.32. The van der Waals surface area contributed by atoms with Crippen LogP contribution in [0.1, 0.15) is 17.5 Å². The fraction of sp³-hybridized carbons (Fsp3) is 0.316. The van der Waals surface area contributed by atoms with E-state index in [1.165, 1.54) is 18.2 Å². The van der Waals surface area contributed by atoms with Gasteiger partial charge >= 0.3 is 29.6 Å². The number of hydrogen-bond acceptors (Lipinski definition) is 5. The maximum Gasteiger partial charge on any atom is 1.00 e. The van der Waals surface area contributed by atoms with Crippen LogP contribution in [0.4, 0.5) is 4.39 Å². The number of rotatable bonds is 10. The molecule has 0 aliphatic carbocycles. The Kier molecular flexibility index (Phi) is 11.7. The minimum absolute atomic E-state index is 0. The van der Waals surface area contributed by atoms with E-state index in [1.54, 1.807) is 18.2 Å². The second-order valence-electron chi connectivity index (χ2n) is 6.07. The Hall–Kier alpha value is -0.670. The molecule has 0 bridgehead atoms. The van der Waals surface area contributed by atoms with Crippen molar-refractivity contribution >= 4 is 40.0 Å². The Morgan fingerprint density at radius 3 is 2.52 bits per heavy atom. The van der Waals surface area contributed by atoms with Crippen LogP contribution in [0.25, 0.3) is 0 Å². The Balaban J connectivity index is 0.00000420. The van der Waals surface area contributed by atoms with Gasteiger partial charge in [-0.25, -0.2) is 4.39 Å². The van der Waals surface area contributed by atoms with Gasteiger partial charge in [-0.2, -0.15) is 0 Å². The molecule has 0 saturated heterocycles. The zero-order valence-electron chi connectivity index (χ0n) is 15.7. The van der Waals surface area contributed by atoms with Crippen molar-refractivity contribution in [2.45, 2.75) is 25.6 Å². The molecule has 2 aromatic rings. The van der Waals surface area contributed by atoms with Gasteiger partial charge in [-0.1, -0.05) is 35.3 Å². The van der Waals surface area contributed by atoms with Crippen LogP contribution in [0.2, 0.25) is 10.0 Å². The molecule has 10 heteroatoms. The van der Waals surface area contributed by atoms with Crippen molar-refractivity contribution in [3.05, 3.63) is 63.4 Å². The number of aliphatic hydroxyl groups excluding tert-OH is 1. The summed E-state index contributed by atoms with van der Waals surface area (Å²) in [6.07, 6.45) is -1.53. The third-order valence-corrected chi connectivity index (χ3v) is 5.76. The van der Waals surface area contributed by atoms with Gasteiger partial charge in [0.05, 0.1) is 6.10 Å². The minimum atomic E-state index is -1.46. The van der Waals surface area contributed by atoms with Crippen molar-refractivity contribution in [1.29, 1.82) is 0 Å². The summed E-state index contributed by atoms with van der Waals surface area (Å²) >= 11 is 12.3. The van der Waals surface area contributed by atoms with E-state index in [0.717, 1.165) is 5.56 Å². The summed E-state index contributed by atoms with van der Waals surface area (Å²) in [5.41, 5.74) is 1.34. The molecular formula is C19H18Cl2FNaO5S. The largest absolute Gasteiger partial charge is 1.00 e. The average Bonchev–Trinajstić information content (AvgIpc) is 2.59. The first kappa shape index (κ1) is 26.4. The van der Waals surface area contributed by atoms with Crippen molar-refractivity contribution in [3.8, 4) is 5.75 Å². The van der Waals surface area contributed by atoms with Gasteiger partial charge < -0.3 is 19.7 Å². The number of carbonyl (C=O) groups excluding carboxylic acids is 1. The number of aliphatic carboxylic acids is 1. The summed E-state index contributed by atoms with van der Waals surface area (Å²) in [5.74, 6) is -1.36. The number of benzene rings is 2. The van der Waals surface area contributed by atoms with Gasteiger partial charge in [-0.3, -0.25) is 4.21 Å². The normalized spacial score (nSPS) is 12.7. The first-order valence-corrected chi connectivity index (χ1v) is 10.6. The molecule has 152 valence electrons. The molecule has 0 radical (unpaired) electrons. The maximum atomic E-state index is 13.0. The summed E-state index contributed by atoms with van der Waals surface area (Å²) < 4.78 is 30.9. The van der Waals surface area contributed by atoms with Crippen LogP contribution in [0.3, 0.4) is 0 Å². The van der Waals surface area contributed by atoms with E-state index >= 15 is 0 Å². The maximum absolute atomic E-state index is 13.0. The summed E-state index contributed by atoms with van der Waals surface area (Å²) in [5, 5.41) is 20.7. The SMILES string of the molecule is O=C([O-])CC(O)CS(=O)CCc1c(Cl)cc(Cl)cc1OCc1ccc(F)cc1.[Na+]. The van der Waals surface area contributed by atoms with Gasteiger partial charge in [0.15, 0.2) is 0 Å². The molecule has 0 spiro atoms. The van der Waals surface area contributed by atoms with E-state index in [-0.39, 0.29) is 59.9 Å². The second-order valence-corrected chi connectivity index (χ2v) is 8.53. The monoisotopic (exact) mass is 470 g/mol. The van der Waals surface area contributed by atoms with Crippen LogP contribution >= 0.6 is 23.2 Å². The molecule has 2 atom stereocenters. The van der Waals surface area contributed by atoms with Gasteiger partial charge in [0.2, 0.25) is 0 Å². The number of ether oxygens (including phenoxy) is 1. The number of aliphatic hydroxyl groups is 1. The van der Waals surface area contributed by atoms with Crippen LogP contribution in [-0.4, -0.2) is 32.9 Å². The summed E-state index contributed by atoms with van der Waals surface area (Å²) in [4.78, 5) is 10.5. The molecule has 0 amide bonds. The van der Waals surface area contributed by atoms with Crippen LogP contribution < -0.4 is 39.4 Å². The zero-order valence-corrected chi connectivity index (χ0v) is 20.0. The molecule has 0 aliphatic heterocycles. The van der Waals surface area contributed by atoms with E-state index in [4.69, 9.17) is 27.9 Å². The van der Waals surface area contributed by atoms with Crippen molar-refractivity contribution in [2.24, 2.45) is 0 Å². The molecule has 29 heavy (non-hydrogen) atoms. The van der Waals surface area contributed by atoms with Crippen molar-refractivity contribution in [3.63, 3.8) is 0 Å². The molecule has 0 heterocycles. The second kappa shape index (κ2) is 12.9. The summed E-state index contributed by atoms with van der Waals surface area (Å²) in [6, 6.07) is 8.96. The quantitative estimate of drug-likeness (QED) is 0.473. The molecule has 0 saturated carbocycles. The number of hydrogen-bond donors (Lipinski definition) is 1. The summed E-state index contributed by atoms with van der Waals surface area (Å²) in [6.45, 7) is 0.164. The fourth-order valence-corrected chi connectivity index (χ4v) is 4.17. The molecule has 1 N–H and O–H groups in total. The molecule has 2 unspecified atom stereocenters. The fourth-order valence-electron chi connectivity index (χ4n) is 2.46. The number of carboxylic acids is 1. The van der Waals surface area contributed by atoms with E-state index < -0.39 is 29.3 Å². The number of halogens is 3. The Morgan fingerprint density at radius 1 is 1.24 bits per heavy atom.